The molecule has 0 bridgehead atoms. The van der Waals surface area contributed by atoms with Gasteiger partial charge in [-0.05, 0) is 31.4 Å². The van der Waals surface area contributed by atoms with E-state index in [-0.39, 0.29) is 29.8 Å². The molecule has 32 heavy (non-hydrogen) atoms. The van der Waals surface area contributed by atoms with Crippen molar-refractivity contribution in [1.82, 2.24) is 14.9 Å². The molecule has 0 saturated heterocycles. The van der Waals surface area contributed by atoms with Gasteiger partial charge in [0.15, 0.2) is 5.16 Å². The highest BCUT2D eigenvalue weighted by molar-refractivity contribution is 7.98. The molecule has 3 aromatic rings. The number of nitrogens with zero attached hydrogens (tertiary/aromatic N) is 3. The fraction of sp³-hybridized carbons (Fsp3) is 0.261. The third kappa shape index (κ3) is 3.78. The molecule has 1 aromatic heterocycles. The third-order valence-corrected chi connectivity index (χ3v) is 6.53. The Hall–Kier alpha value is -2.84. The number of phenolic OH excluding ortho intramolecular Hbond substituents is 1. The van der Waals surface area contributed by atoms with E-state index in [4.69, 9.17) is 16.3 Å². The van der Waals surface area contributed by atoms with Crippen molar-refractivity contribution in [2.75, 3.05) is 19.9 Å². The number of carbonyl (C=O) groups is 1. The van der Waals surface area contributed by atoms with E-state index in [1.54, 1.807) is 23.1 Å². The molecule has 2 aromatic carbocycles. The fourth-order valence-corrected chi connectivity index (χ4v) is 4.59. The quantitative estimate of drug-likeness (QED) is 0.429. The van der Waals surface area contributed by atoms with Crippen molar-refractivity contribution in [2.45, 2.75) is 24.0 Å². The van der Waals surface area contributed by atoms with Crippen molar-refractivity contribution in [3.05, 3.63) is 75.8 Å². The summed E-state index contributed by atoms with van der Waals surface area (Å²) < 4.78 is 20.6. The summed E-state index contributed by atoms with van der Waals surface area (Å²) in [6.45, 7) is 2.22. The SMILES string of the molecule is COc1cc(O)ccc1CN1C[C@](C)(c2cccc(Cl)c2F)c2nc(SC)ncc2C1=O. The van der Waals surface area contributed by atoms with Crippen LogP contribution in [-0.2, 0) is 12.0 Å². The van der Waals surface area contributed by atoms with E-state index in [9.17, 15) is 9.90 Å². The molecule has 1 aliphatic heterocycles. The van der Waals surface area contributed by atoms with Crippen LogP contribution in [0, 0.1) is 5.82 Å². The molecule has 0 spiro atoms. The Morgan fingerprint density at radius 3 is 2.84 bits per heavy atom. The Morgan fingerprint density at radius 2 is 2.12 bits per heavy atom. The van der Waals surface area contributed by atoms with Crippen molar-refractivity contribution < 1.29 is 19.0 Å². The van der Waals surface area contributed by atoms with Crippen molar-refractivity contribution in [3.63, 3.8) is 0 Å². The molecular weight excluding hydrogens is 453 g/mol. The summed E-state index contributed by atoms with van der Waals surface area (Å²) >= 11 is 7.45. The van der Waals surface area contributed by atoms with Gasteiger partial charge in [-0.2, -0.15) is 0 Å². The molecule has 0 radical (unpaired) electrons. The topological polar surface area (TPSA) is 75.6 Å². The maximum absolute atomic E-state index is 15.2. The minimum Gasteiger partial charge on any atom is -0.508 e. The van der Waals surface area contributed by atoms with Crippen LogP contribution >= 0.6 is 23.4 Å². The summed E-state index contributed by atoms with van der Waals surface area (Å²) in [5, 5.41) is 10.3. The summed E-state index contributed by atoms with van der Waals surface area (Å²) in [7, 11) is 1.49. The number of rotatable bonds is 5. The predicted molar refractivity (Wildman–Crippen MR) is 121 cm³/mol. The summed E-state index contributed by atoms with van der Waals surface area (Å²) in [4.78, 5) is 23.9. The number of methoxy groups -OCH3 is 1. The number of halogens is 2. The van der Waals surface area contributed by atoms with Crippen LogP contribution in [0.25, 0.3) is 0 Å². The first-order valence-electron chi connectivity index (χ1n) is 9.79. The molecular formula is C23H21ClFN3O3S. The molecule has 2 heterocycles. The molecule has 1 amide bonds. The lowest BCUT2D eigenvalue weighted by Gasteiger charge is -2.41. The van der Waals surface area contributed by atoms with Crippen LogP contribution in [0.2, 0.25) is 5.02 Å². The standard InChI is InChI=1S/C23H21ClFN3O3S/c1-23(16-5-4-6-17(24)19(16)25)12-28(11-13-7-8-14(29)9-18(13)31-2)21(30)15-10-26-22(32-3)27-20(15)23/h4-10,29H,11-12H2,1-3H3/t23-/m1/s1. The van der Waals surface area contributed by atoms with Crippen LogP contribution < -0.4 is 4.74 Å². The van der Waals surface area contributed by atoms with Crippen LogP contribution in [0.5, 0.6) is 11.5 Å². The summed E-state index contributed by atoms with van der Waals surface area (Å²) in [6.07, 6.45) is 3.34. The molecule has 0 unspecified atom stereocenters. The Bertz CT molecular complexity index is 1210. The number of carbonyl (C=O) groups excluding carboxylic acids is 1. The van der Waals surface area contributed by atoms with E-state index in [0.717, 1.165) is 0 Å². The number of hydrogen-bond donors (Lipinski definition) is 1. The lowest BCUT2D eigenvalue weighted by atomic mass is 9.74. The van der Waals surface area contributed by atoms with E-state index < -0.39 is 11.2 Å². The van der Waals surface area contributed by atoms with Gasteiger partial charge < -0.3 is 14.7 Å². The number of thioether (sulfide) groups is 1. The second-order valence-electron chi connectivity index (χ2n) is 7.71. The highest BCUT2D eigenvalue weighted by Gasteiger charge is 2.44. The molecule has 6 nitrogen and oxygen atoms in total. The molecule has 4 rings (SSSR count). The minimum atomic E-state index is -0.962. The van der Waals surface area contributed by atoms with Gasteiger partial charge in [-0.1, -0.05) is 35.5 Å². The number of phenols is 1. The molecule has 0 aliphatic carbocycles. The normalized spacial score (nSPS) is 17.9. The molecule has 166 valence electrons. The third-order valence-electron chi connectivity index (χ3n) is 5.67. The van der Waals surface area contributed by atoms with Gasteiger partial charge in [-0.15, -0.1) is 0 Å². The average Bonchev–Trinajstić information content (AvgIpc) is 2.79. The zero-order chi connectivity index (χ0) is 23.0. The molecule has 0 fully saturated rings. The van der Waals surface area contributed by atoms with Gasteiger partial charge in [-0.25, -0.2) is 14.4 Å². The van der Waals surface area contributed by atoms with Gasteiger partial charge in [0.2, 0.25) is 0 Å². The van der Waals surface area contributed by atoms with Crippen molar-refractivity contribution >= 4 is 29.3 Å². The first-order chi connectivity index (χ1) is 15.3. The van der Waals surface area contributed by atoms with Gasteiger partial charge in [0.05, 0.1) is 28.8 Å². The van der Waals surface area contributed by atoms with Gasteiger partial charge in [0, 0.05) is 36.5 Å². The molecule has 9 heteroatoms. The van der Waals surface area contributed by atoms with Crippen LogP contribution in [-0.4, -0.2) is 45.8 Å². The number of aromatic hydroxyl groups is 1. The van der Waals surface area contributed by atoms with Crippen LogP contribution in [0.3, 0.4) is 0 Å². The van der Waals surface area contributed by atoms with E-state index in [2.05, 4.69) is 9.97 Å². The zero-order valence-electron chi connectivity index (χ0n) is 17.7. The smallest absolute Gasteiger partial charge is 0.257 e. The first kappa shape index (κ1) is 22.4. The Kier molecular flexibility index (Phi) is 6.01. The zero-order valence-corrected chi connectivity index (χ0v) is 19.3. The average molecular weight is 474 g/mol. The Labute approximate surface area is 194 Å². The predicted octanol–water partition coefficient (Wildman–Crippen LogP) is 4.67. The monoisotopic (exact) mass is 473 g/mol. The maximum Gasteiger partial charge on any atom is 0.257 e. The van der Waals surface area contributed by atoms with Gasteiger partial charge in [-0.3, -0.25) is 4.79 Å². The molecule has 1 N–H and O–H groups in total. The minimum absolute atomic E-state index is 0.00748. The number of amides is 1. The summed E-state index contributed by atoms with van der Waals surface area (Å²) in [5.41, 5.74) is 0.881. The molecule has 1 aliphatic rings. The summed E-state index contributed by atoms with van der Waals surface area (Å²) in [6, 6.07) is 9.56. The van der Waals surface area contributed by atoms with E-state index in [1.165, 1.54) is 43.3 Å². The Morgan fingerprint density at radius 1 is 1.34 bits per heavy atom. The summed E-state index contributed by atoms with van der Waals surface area (Å²) in [5.74, 6) is -0.288. The number of fused-ring (bicyclic) bond motifs is 1. The number of benzene rings is 2. The van der Waals surface area contributed by atoms with Crippen LogP contribution in [0.1, 0.15) is 34.1 Å². The largest absolute Gasteiger partial charge is 0.508 e. The van der Waals surface area contributed by atoms with E-state index in [0.29, 0.717) is 33.3 Å². The van der Waals surface area contributed by atoms with E-state index in [1.807, 2.05) is 13.2 Å². The van der Waals surface area contributed by atoms with Crippen molar-refractivity contribution in [1.29, 1.82) is 0 Å². The van der Waals surface area contributed by atoms with Crippen LogP contribution in [0.15, 0.2) is 47.8 Å². The maximum atomic E-state index is 15.2. The highest BCUT2D eigenvalue weighted by atomic mass is 35.5. The fourth-order valence-electron chi connectivity index (χ4n) is 4.08. The second-order valence-corrected chi connectivity index (χ2v) is 8.89. The van der Waals surface area contributed by atoms with Gasteiger partial charge in [0.25, 0.3) is 5.91 Å². The lowest BCUT2D eigenvalue weighted by molar-refractivity contribution is 0.0674. The number of hydrogen-bond acceptors (Lipinski definition) is 6. The van der Waals surface area contributed by atoms with Crippen molar-refractivity contribution in [2.24, 2.45) is 0 Å². The second kappa shape index (κ2) is 8.60. The number of ether oxygens (including phenoxy) is 1. The van der Waals surface area contributed by atoms with Crippen molar-refractivity contribution in [3.8, 4) is 11.5 Å². The molecule has 0 saturated carbocycles. The van der Waals surface area contributed by atoms with Gasteiger partial charge >= 0.3 is 0 Å². The number of aromatic nitrogens is 2. The Balaban J connectivity index is 1.86. The van der Waals surface area contributed by atoms with Crippen LogP contribution in [0.4, 0.5) is 4.39 Å². The molecule has 1 atom stereocenters. The van der Waals surface area contributed by atoms with Gasteiger partial charge in [0.1, 0.15) is 17.3 Å². The lowest BCUT2D eigenvalue weighted by Crippen LogP contribution is -2.49. The first-order valence-corrected chi connectivity index (χ1v) is 11.4. The highest BCUT2D eigenvalue weighted by Crippen LogP contribution is 2.41. The van der Waals surface area contributed by atoms with E-state index >= 15 is 4.39 Å².